The van der Waals surface area contributed by atoms with Gasteiger partial charge in [0.05, 0.1) is 12.0 Å². The lowest BCUT2D eigenvalue weighted by atomic mass is 9.74. The number of piperidine rings is 1. The predicted octanol–water partition coefficient (Wildman–Crippen LogP) is 2.35. The minimum absolute atomic E-state index is 0.111. The summed E-state index contributed by atoms with van der Waals surface area (Å²) in [5.41, 5.74) is 0.935. The van der Waals surface area contributed by atoms with Gasteiger partial charge in [0.1, 0.15) is 0 Å². The van der Waals surface area contributed by atoms with Crippen molar-refractivity contribution >= 4 is 23.2 Å². The first-order valence-corrected chi connectivity index (χ1v) is 9.55. The highest BCUT2D eigenvalue weighted by atomic mass is 32.1. The van der Waals surface area contributed by atoms with E-state index in [4.69, 9.17) is 0 Å². The molecule has 2 aliphatic heterocycles. The van der Waals surface area contributed by atoms with Gasteiger partial charge in [-0.3, -0.25) is 14.6 Å². The molecule has 0 bridgehead atoms. The lowest BCUT2D eigenvalue weighted by molar-refractivity contribution is -0.132. The number of aromatic nitrogens is 1. The molecule has 0 aliphatic carbocycles. The van der Waals surface area contributed by atoms with Crippen molar-refractivity contribution in [1.29, 1.82) is 0 Å². The van der Waals surface area contributed by atoms with Crippen molar-refractivity contribution in [1.82, 2.24) is 15.2 Å². The highest BCUT2D eigenvalue weighted by molar-refractivity contribution is 7.10. The molecule has 0 radical (unpaired) electrons. The number of carbonyl (C=O) groups is 2. The third-order valence-electron chi connectivity index (χ3n) is 5.47. The van der Waals surface area contributed by atoms with Crippen LogP contribution in [0, 0.1) is 0 Å². The van der Waals surface area contributed by atoms with Gasteiger partial charge in [0.2, 0.25) is 11.8 Å². The summed E-state index contributed by atoms with van der Waals surface area (Å²) in [4.78, 5) is 31.8. The molecule has 0 saturated carbocycles. The molecule has 2 fully saturated rings. The molecule has 1 N–H and O–H groups in total. The molecule has 6 heteroatoms. The van der Waals surface area contributed by atoms with Crippen LogP contribution in [-0.4, -0.2) is 40.3 Å². The van der Waals surface area contributed by atoms with Crippen LogP contribution >= 0.6 is 11.3 Å². The zero-order chi connectivity index (χ0) is 17.3. The number of hydrogen-bond acceptors (Lipinski definition) is 4. The maximum atomic E-state index is 12.5. The first-order chi connectivity index (χ1) is 12.2. The lowest BCUT2D eigenvalue weighted by Gasteiger charge is -2.43. The first-order valence-electron chi connectivity index (χ1n) is 8.67. The lowest BCUT2D eigenvalue weighted by Crippen LogP contribution is -2.54. The fourth-order valence-corrected chi connectivity index (χ4v) is 4.83. The molecule has 130 valence electrons. The Morgan fingerprint density at radius 3 is 2.72 bits per heavy atom. The number of hydrogen-bond donors (Lipinski definition) is 1. The van der Waals surface area contributed by atoms with Crippen LogP contribution in [0.25, 0.3) is 0 Å². The van der Waals surface area contributed by atoms with Crippen LogP contribution in [0.5, 0.6) is 0 Å². The van der Waals surface area contributed by atoms with Gasteiger partial charge >= 0.3 is 0 Å². The molecule has 2 amide bonds. The monoisotopic (exact) mass is 355 g/mol. The summed E-state index contributed by atoms with van der Waals surface area (Å²) in [5, 5.41) is 5.23. The van der Waals surface area contributed by atoms with E-state index < -0.39 is 0 Å². The fourth-order valence-electron chi connectivity index (χ4n) is 4.13. The standard InChI is InChI=1S/C19H21N3O2S/c23-17-13-16(14-3-7-20-8-4-14)19(21-17)5-9-22(10-6-19)18(24)12-15-2-1-11-25-15/h1-4,7-8,11,16H,5-6,9-10,12-13H2,(H,21,23)/t16-/m1/s1. The molecule has 25 heavy (non-hydrogen) atoms. The summed E-state index contributed by atoms with van der Waals surface area (Å²) in [6.45, 7) is 1.40. The normalized spacial score (nSPS) is 22.2. The quantitative estimate of drug-likeness (QED) is 0.919. The Balaban J connectivity index is 1.46. The van der Waals surface area contributed by atoms with Crippen LogP contribution in [0.15, 0.2) is 42.0 Å². The van der Waals surface area contributed by atoms with E-state index in [1.54, 1.807) is 23.7 Å². The topological polar surface area (TPSA) is 62.3 Å². The van der Waals surface area contributed by atoms with Gasteiger partial charge in [-0.15, -0.1) is 11.3 Å². The third-order valence-corrected chi connectivity index (χ3v) is 6.34. The summed E-state index contributed by atoms with van der Waals surface area (Å²) in [7, 11) is 0. The Bertz CT molecular complexity index is 752. The van der Waals surface area contributed by atoms with E-state index in [9.17, 15) is 9.59 Å². The van der Waals surface area contributed by atoms with Crippen molar-refractivity contribution in [3.05, 3.63) is 52.5 Å². The van der Waals surface area contributed by atoms with Gasteiger partial charge in [-0.2, -0.15) is 0 Å². The highest BCUT2D eigenvalue weighted by Crippen LogP contribution is 2.43. The van der Waals surface area contributed by atoms with Crippen molar-refractivity contribution < 1.29 is 9.59 Å². The van der Waals surface area contributed by atoms with Crippen LogP contribution in [0.1, 0.15) is 35.6 Å². The second kappa shape index (κ2) is 6.59. The summed E-state index contributed by atoms with van der Waals surface area (Å²) < 4.78 is 0. The van der Waals surface area contributed by atoms with Gasteiger partial charge in [-0.1, -0.05) is 6.07 Å². The Kier molecular flexibility index (Phi) is 4.29. The number of thiophene rings is 1. The zero-order valence-corrected chi connectivity index (χ0v) is 14.8. The molecule has 2 aromatic rings. The van der Waals surface area contributed by atoms with E-state index in [0.29, 0.717) is 25.9 Å². The SMILES string of the molecule is O=C1C[C@H](c2ccncc2)C2(CCN(C(=O)Cc3cccs3)CC2)N1. The van der Waals surface area contributed by atoms with Crippen LogP contribution in [0.3, 0.4) is 0 Å². The Morgan fingerprint density at radius 1 is 1.28 bits per heavy atom. The van der Waals surface area contributed by atoms with Crippen LogP contribution in [0.2, 0.25) is 0 Å². The van der Waals surface area contributed by atoms with Crippen molar-refractivity contribution in [2.45, 2.75) is 37.1 Å². The Labute approximate surface area is 151 Å². The average Bonchev–Trinajstić information content (AvgIpc) is 3.24. The summed E-state index contributed by atoms with van der Waals surface area (Å²) in [6.07, 6.45) is 6.18. The molecular formula is C19H21N3O2S. The largest absolute Gasteiger partial charge is 0.350 e. The smallest absolute Gasteiger partial charge is 0.227 e. The highest BCUT2D eigenvalue weighted by Gasteiger charge is 2.49. The number of likely N-dealkylation sites (tertiary alicyclic amines) is 1. The van der Waals surface area contributed by atoms with Crippen LogP contribution in [-0.2, 0) is 16.0 Å². The first kappa shape index (κ1) is 16.3. The van der Waals surface area contributed by atoms with Crippen molar-refractivity contribution in [3.8, 4) is 0 Å². The second-order valence-electron chi connectivity index (χ2n) is 6.88. The minimum Gasteiger partial charge on any atom is -0.350 e. The molecule has 1 spiro atoms. The molecule has 5 nitrogen and oxygen atoms in total. The maximum Gasteiger partial charge on any atom is 0.227 e. The minimum atomic E-state index is -0.224. The molecule has 4 heterocycles. The van der Waals surface area contributed by atoms with Crippen LogP contribution < -0.4 is 5.32 Å². The van der Waals surface area contributed by atoms with Crippen molar-refractivity contribution in [2.75, 3.05) is 13.1 Å². The second-order valence-corrected chi connectivity index (χ2v) is 7.91. The maximum absolute atomic E-state index is 12.5. The number of rotatable bonds is 3. The average molecular weight is 355 g/mol. The summed E-state index contributed by atoms with van der Waals surface area (Å²) in [5.74, 6) is 0.458. The molecule has 4 rings (SSSR count). The van der Waals surface area contributed by atoms with Gasteiger partial charge in [0.15, 0.2) is 0 Å². The molecule has 0 aromatic carbocycles. The van der Waals surface area contributed by atoms with E-state index in [-0.39, 0.29) is 23.3 Å². The summed E-state index contributed by atoms with van der Waals surface area (Å²) in [6, 6.07) is 7.98. The molecule has 2 saturated heterocycles. The third kappa shape index (κ3) is 3.18. The number of carbonyl (C=O) groups excluding carboxylic acids is 2. The van der Waals surface area contributed by atoms with E-state index in [1.807, 2.05) is 34.5 Å². The predicted molar refractivity (Wildman–Crippen MR) is 96.3 cm³/mol. The number of nitrogens with one attached hydrogen (secondary N) is 1. The number of nitrogens with zero attached hydrogens (tertiary/aromatic N) is 2. The number of amides is 2. The zero-order valence-electron chi connectivity index (χ0n) is 14.0. The van der Waals surface area contributed by atoms with Gasteiger partial charge < -0.3 is 10.2 Å². The summed E-state index contributed by atoms with van der Waals surface area (Å²) >= 11 is 1.62. The van der Waals surface area contributed by atoms with Gasteiger partial charge in [-0.05, 0) is 42.0 Å². The van der Waals surface area contributed by atoms with Gasteiger partial charge in [0.25, 0.3) is 0 Å². The molecule has 0 unspecified atom stereocenters. The molecule has 2 aromatic heterocycles. The molecule has 2 aliphatic rings. The van der Waals surface area contributed by atoms with Crippen molar-refractivity contribution in [3.63, 3.8) is 0 Å². The van der Waals surface area contributed by atoms with E-state index in [0.717, 1.165) is 23.3 Å². The Hall–Kier alpha value is -2.21. The van der Waals surface area contributed by atoms with Crippen LogP contribution in [0.4, 0.5) is 0 Å². The van der Waals surface area contributed by atoms with E-state index in [2.05, 4.69) is 10.3 Å². The van der Waals surface area contributed by atoms with E-state index in [1.165, 1.54) is 0 Å². The van der Waals surface area contributed by atoms with Gasteiger partial charge in [-0.25, -0.2) is 0 Å². The fraction of sp³-hybridized carbons (Fsp3) is 0.421. The van der Waals surface area contributed by atoms with E-state index >= 15 is 0 Å². The molecule has 1 atom stereocenters. The van der Waals surface area contributed by atoms with Gasteiger partial charge in [0, 0.05) is 42.7 Å². The van der Waals surface area contributed by atoms with Crippen molar-refractivity contribution in [2.24, 2.45) is 0 Å². The molecular weight excluding hydrogens is 334 g/mol. The number of pyridine rings is 1. The Morgan fingerprint density at radius 2 is 2.04 bits per heavy atom.